The van der Waals surface area contributed by atoms with Gasteiger partial charge in [-0.2, -0.15) is 0 Å². The summed E-state index contributed by atoms with van der Waals surface area (Å²) in [6, 6.07) is 0. The van der Waals surface area contributed by atoms with Crippen molar-refractivity contribution < 1.29 is 0 Å². The van der Waals surface area contributed by atoms with Crippen LogP contribution < -0.4 is 5.73 Å². The molecule has 2 N–H and O–H groups in total. The fraction of sp³-hybridized carbons (Fsp3) is 1.00. The van der Waals surface area contributed by atoms with E-state index < -0.39 is 0 Å². The van der Waals surface area contributed by atoms with Crippen LogP contribution in [0.3, 0.4) is 0 Å². The monoisotopic (exact) mass is 252 g/mol. The molecule has 0 aromatic carbocycles. The number of hydrogen-bond acceptors (Lipinski definition) is 2. The molecule has 3 atom stereocenters. The zero-order valence-electron chi connectivity index (χ0n) is 12.6. The molecule has 0 saturated heterocycles. The van der Waals surface area contributed by atoms with Crippen molar-refractivity contribution in [2.24, 2.45) is 23.5 Å². The van der Waals surface area contributed by atoms with E-state index in [-0.39, 0.29) is 5.54 Å². The zero-order valence-corrected chi connectivity index (χ0v) is 12.6. The van der Waals surface area contributed by atoms with Crippen LogP contribution in [0.15, 0.2) is 0 Å². The fourth-order valence-corrected chi connectivity index (χ4v) is 4.47. The Morgan fingerprint density at radius 3 is 2.39 bits per heavy atom. The lowest BCUT2D eigenvalue weighted by Crippen LogP contribution is -2.59. The topological polar surface area (TPSA) is 29.3 Å². The van der Waals surface area contributed by atoms with Gasteiger partial charge in [0.15, 0.2) is 0 Å². The summed E-state index contributed by atoms with van der Waals surface area (Å²) in [5.74, 6) is 2.57. The number of likely N-dealkylation sites (N-methyl/N-ethyl adjacent to an activating group) is 1. The molecule has 3 unspecified atom stereocenters. The van der Waals surface area contributed by atoms with Crippen LogP contribution in [0.2, 0.25) is 0 Å². The van der Waals surface area contributed by atoms with E-state index >= 15 is 0 Å². The van der Waals surface area contributed by atoms with E-state index in [0.717, 1.165) is 24.3 Å². The van der Waals surface area contributed by atoms with Gasteiger partial charge in [-0.1, -0.05) is 26.7 Å². The van der Waals surface area contributed by atoms with Gasteiger partial charge >= 0.3 is 0 Å². The van der Waals surface area contributed by atoms with Crippen LogP contribution in [-0.4, -0.2) is 30.6 Å². The van der Waals surface area contributed by atoms with Crippen molar-refractivity contribution in [2.75, 3.05) is 20.1 Å². The van der Waals surface area contributed by atoms with Crippen LogP contribution >= 0.6 is 0 Å². The third-order valence-electron chi connectivity index (χ3n) is 5.86. The Balaban J connectivity index is 2.00. The van der Waals surface area contributed by atoms with E-state index in [0.29, 0.717) is 0 Å². The van der Waals surface area contributed by atoms with Crippen LogP contribution in [-0.2, 0) is 0 Å². The van der Waals surface area contributed by atoms with Crippen LogP contribution in [0.25, 0.3) is 0 Å². The van der Waals surface area contributed by atoms with Gasteiger partial charge in [0.05, 0.1) is 0 Å². The largest absolute Gasteiger partial charge is 0.329 e. The van der Waals surface area contributed by atoms with Gasteiger partial charge in [0.25, 0.3) is 0 Å². The Bertz CT molecular complexity index is 260. The lowest BCUT2D eigenvalue weighted by molar-refractivity contribution is 0.00914. The molecule has 2 heteroatoms. The summed E-state index contributed by atoms with van der Waals surface area (Å²) in [6.45, 7) is 6.93. The lowest BCUT2D eigenvalue weighted by atomic mass is 9.69. The minimum absolute atomic E-state index is 0.287. The first-order valence-corrected chi connectivity index (χ1v) is 8.00. The quantitative estimate of drug-likeness (QED) is 0.832. The first-order valence-electron chi connectivity index (χ1n) is 8.00. The molecule has 18 heavy (non-hydrogen) atoms. The predicted octanol–water partition coefficient (Wildman–Crippen LogP) is 3.26. The molecule has 2 nitrogen and oxygen atoms in total. The van der Waals surface area contributed by atoms with E-state index in [1.54, 1.807) is 0 Å². The summed E-state index contributed by atoms with van der Waals surface area (Å²) in [6.07, 6.45) is 9.78. The van der Waals surface area contributed by atoms with E-state index in [4.69, 9.17) is 5.73 Å². The van der Waals surface area contributed by atoms with Crippen LogP contribution in [0.1, 0.15) is 58.8 Å². The standard InChI is InChI=1S/C16H32N2/c1-13-8-9-16(12-17,14(2)10-13)18(3)11-15-6-4-5-7-15/h13-15H,4-12,17H2,1-3H3. The summed E-state index contributed by atoms with van der Waals surface area (Å²) in [5, 5.41) is 0. The van der Waals surface area contributed by atoms with Crippen molar-refractivity contribution in [3.8, 4) is 0 Å². The minimum Gasteiger partial charge on any atom is -0.329 e. The van der Waals surface area contributed by atoms with Gasteiger partial charge in [-0.3, -0.25) is 4.90 Å². The molecule has 2 aliphatic carbocycles. The van der Waals surface area contributed by atoms with Gasteiger partial charge < -0.3 is 5.73 Å². The number of rotatable bonds is 4. The molecule has 2 rings (SSSR count). The van der Waals surface area contributed by atoms with E-state index in [2.05, 4.69) is 25.8 Å². The van der Waals surface area contributed by atoms with Crippen LogP contribution in [0.5, 0.6) is 0 Å². The average molecular weight is 252 g/mol. The molecule has 0 heterocycles. The summed E-state index contributed by atoms with van der Waals surface area (Å²) in [4.78, 5) is 2.64. The second-order valence-electron chi connectivity index (χ2n) is 7.12. The highest BCUT2D eigenvalue weighted by molar-refractivity contribution is 4.99. The van der Waals surface area contributed by atoms with Gasteiger partial charge in [-0.15, -0.1) is 0 Å². The Morgan fingerprint density at radius 2 is 1.83 bits per heavy atom. The first kappa shape index (κ1) is 14.3. The molecule has 0 bridgehead atoms. The van der Waals surface area contributed by atoms with Gasteiger partial charge in [0, 0.05) is 18.6 Å². The van der Waals surface area contributed by atoms with Crippen molar-refractivity contribution in [3.63, 3.8) is 0 Å². The van der Waals surface area contributed by atoms with Gasteiger partial charge in [-0.05, 0) is 56.9 Å². The third kappa shape index (κ3) is 2.75. The second-order valence-corrected chi connectivity index (χ2v) is 7.12. The number of nitrogens with two attached hydrogens (primary N) is 1. The number of hydrogen-bond donors (Lipinski definition) is 1. The van der Waals surface area contributed by atoms with E-state index in [1.165, 1.54) is 51.5 Å². The summed E-state index contributed by atoms with van der Waals surface area (Å²) in [5.41, 5.74) is 6.49. The van der Waals surface area contributed by atoms with Crippen molar-refractivity contribution in [3.05, 3.63) is 0 Å². The van der Waals surface area contributed by atoms with Crippen molar-refractivity contribution >= 4 is 0 Å². The summed E-state index contributed by atoms with van der Waals surface area (Å²) >= 11 is 0. The molecule has 0 spiro atoms. The molecule has 0 aliphatic heterocycles. The molecular weight excluding hydrogens is 220 g/mol. The molecule has 0 aromatic rings. The molecule has 106 valence electrons. The van der Waals surface area contributed by atoms with Gasteiger partial charge in [-0.25, -0.2) is 0 Å². The highest BCUT2D eigenvalue weighted by Crippen LogP contribution is 2.40. The van der Waals surface area contributed by atoms with Crippen LogP contribution in [0.4, 0.5) is 0 Å². The fourth-order valence-electron chi connectivity index (χ4n) is 4.47. The average Bonchev–Trinajstić information content (AvgIpc) is 2.82. The highest BCUT2D eigenvalue weighted by Gasteiger charge is 2.42. The third-order valence-corrected chi connectivity index (χ3v) is 5.86. The Kier molecular flexibility index (Phi) is 4.71. The Morgan fingerprint density at radius 1 is 1.17 bits per heavy atom. The molecule has 2 aliphatic rings. The molecule has 2 fully saturated rings. The zero-order chi connectivity index (χ0) is 13.2. The van der Waals surface area contributed by atoms with Crippen molar-refractivity contribution in [2.45, 2.75) is 64.3 Å². The Hall–Kier alpha value is -0.0800. The first-order chi connectivity index (χ1) is 8.58. The smallest absolute Gasteiger partial charge is 0.0354 e. The molecule has 0 aromatic heterocycles. The lowest BCUT2D eigenvalue weighted by Gasteiger charge is -2.50. The summed E-state index contributed by atoms with van der Waals surface area (Å²) in [7, 11) is 2.33. The maximum absolute atomic E-state index is 6.21. The number of nitrogens with zero attached hydrogens (tertiary/aromatic N) is 1. The summed E-state index contributed by atoms with van der Waals surface area (Å²) < 4.78 is 0. The van der Waals surface area contributed by atoms with E-state index in [1.807, 2.05) is 0 Å². The molecular formula is C16H32N2. The maximum atomic E-state index is 6.21. The van der Waals surface area contributed by atoms with Gasteiger partial charge in [0.2, 0.25) is 0 Å². The molecule has 0 amide bonds. The Labute approximate surface area is 113 Å². The van der Waals surface area contributed by atoms with Crippen molar-refractivity contribution in [1.29, 1.82) is 0 Å². The molecule has 2 saturated carbocycles. The van der Waals surface area contributed by atoms with Crippen LogP contribution in [0, 0.1) is 17.8 Å². The van der Waals surface area contributed by atoms with E-state index in [9.17, 15) is 0 Å². The predicted molar refractivity (Wildman–Crippen MR) is 78.6 cm³/mol. The van der Waals surface area contributed by atoms with Gasteiger partial charge in [0.1, 0.15) is 0 Å². The SMILES string of the molecule is CC1CCC(CN)(N(C)CC2CCCC2)C(C)C1. The minimum atomic E-state index is 0.287. The second kappa shape index (κ2) is 5.92. The highest BCUT2D eigenvalue weighted by atomic mass is 15.2. The maximum Gasteiger partial charge on any atom is 0.0354 e. The molecule has 0 radical (unpaired) electrons. The van der Waals surface area contributed by atoms with Crippen molar-refractivity contribution in [1.82, 2.24) is 4.90 Å². The normalized spacial score (nSPS) is 38.5.